The molecule has 2 N–H and O–H groups in total. The average molecular weight is 367 g/mol. The molecule has 0 saturated heterocycles. The molecule has 0 saturated carbocycles. The van der Waals surface area contributed by atoms with E-state index in [2.05, 4.69) is 26.7 Å². The van der Waals surface area contributed by atoms with Crippen LogP contribution < -0.4 is 10.6 Å². The van der Waals surface area contributed by atoms with Crippen LogP contribution in [-0.2, 0) is 0 Å². The molecule has 0 aliphatic heterocycles. The lowest BCUT2D eigenvalue weighted by atomic mass is 10.1. The van der Waals surface area contributed by atoms with Gasteiger partial charge in [0.2, 0.25) is 5.95 Å². The number of aryl methyl sites for hydroxylation is 2. The molecule has 0 aliphatic rings. The van der Waals surface area contributed by atoms with E-state index in [-0.39, 0.29) is 5.91 Å². The fourth-order valence-corrected chi connectivity index (χ4v) is 2.80. The van der Waals surface area contributed by atoms with E-state index in [1.807, 2.05) is 51.1 Å². The highest BCUT2D eigenvalue weighted by molar-refractivity contribution is 6.31. The Bertz CT molecular complexity index is 934. The first-order valence-corrected chi connectivity index (χ1v) is 8.54. The predicted octanol–water partition coefficient (Wildman–Crippen LogP) is 5.05. The highest BCUT2D eigenvalue weighted by Crippen LogP contribution is 2.24. The largest absolute Gasteiger partial charge is 0.324 e. The van der Waals surface area contributed by atoms with Gasteiger partial charge in [0.15, 0.2) is 0 Å². The van der Waals surface area contributed by atoms with Crippen LogP contribution in [0.15, 0.2) is 48.8 Å². The van der Waals surface area contributed by atoms with Crippen molar-refractivity contribution in [3.63, 3.8) is 0 Å². The van der Waals surface area contributed by atoms with Gasteiger partial charge < -0.3 is 10.6 Å². The molecule has 26 heavy (non-hydrogen) atoms. The molecule has 0 fully saturated rings. The Morgan fingerprint density at radius 3 is 2.31 bits per heavy atom. The lowest BCUT2D eigenvalue weighted by Crippen LogP contribution is -2.13. The van der Waals surface area contributed by atoms with Gasteiger partial charge in [-0.05, 0) is 61.7 Å². The van der Waals surface area contributed by atoms with Crippen molar-refractivity contribution >= 4 is 34.8 Å². The zero-order valence-electron chi connectivity index (χ0n) is 14.8. The maximum absolute atomic E-state index is 12.4. The summed E-state index contributed by atoms with van der Waals surface area (Å²) in [6, 6.07) is 11.5. The number of nitrogens with one attached hydrogen (secondary N) is 2. The third-order valence-electron chi connectivity index (χ3n) is 3.91. The van der Waals surface area contributed by atoms with Crippen LogP contribution in [0.25, 0.3) is 0 Å². The van der Waals surface area contributed by atoms with Crippen molar-refractivity contribution in [3.05, 3.63) is 76.1 Å². The van der Waals surface area contributed by atoms with Crippen LogP contribution in [-0.4, -0.2) is 15.9 Å². The van der Waals surface area contributed by atoms with E-state index in [1.54, 1.807) is 0 Å². The Morgan fingerprint density at radius 2 is 1.65 bits per heavy atom. The number of aromatic nitrogens is 2. The van der Waals surface area contributed by atoms with E-state index in [9.17, 15) is 4.79 Å². The van der Waals surface area contributed by atoms with Gasteiger partial charge >= 0.3 is 0 Å². The number of rotatable bonds is 4. The number of benzene rings is 2. The Labute approximate surface area is 157 Å². The van der Waals surface area contributed by atoms with E-state index in [4.69, 9.17) is 11.6 Å². The molecule has 3 aromatic rings. The van der Waals surface area contributed by atoms with E-state index in [0.29, 0.717) is 16.5 Å². The number of hydrogen-bond acceptors (Lipinski definition) is 4. The number of amides is 1. The lowest BCUT2D eigenvalue weighted by Gasteiger charge is -2.10. The van der Waals surface area contributed by atoms with Gasteiger partial charge in [-0.2, -0.15) is 0 Å². The maximum atomic E-state index is 12.4. The zero-order chi connectivity index (χ0) is 18.7. The molecule has 0 bridgehead atoms. The second-order valence-corrected chi connectivity index (χ2v) is 6.57. The average Bonchev–Trinajstić information content (AvgIpc) is 2.58. The molecule has 6 heteroatoms. The van der Waals surface area contributed by atoms with Crippen molar-refractivity contribution in [3.8, 4) is 0 Å². The van der Waals surface area contributed by atoms with Crippen molar-refractivity contribution < 1.29 is 4.79 Å². The molecule has 3 rings (SSSR count). The van der Waals surface area contributed by atoms with Gasteiger partial charge in [0.1, 0.15) is 0 Å². The summed E-state index contributed by atoms with van der Waals surface area (Å²) in [7, 11) is 0. The van der Waals surface area contributed by atoms with Crippen LogP contribution in [0, 0.1) is 20.8 Å². The van der Waals surface area contributed by atoms with Gasteiger partial charge in [-0.1, -0.05) is 23.7 Å². The van der Waals surface area contributed by atoms with Crippen LogP contribution in [0.5, 0.6) is 0 Å². The van der Waals surface area contributed by atoms with Crippen molar-refractivity contribution in [1.29, 1.82) is 0 Å². The number of nitrogens with zero attached hydrogens (tertiary/aromatic N) is 2. The molecule has 2 aromatic carbocycles. The summed E-state index contributed by atoms with van der Waals surface area (Å²) in [5, 5.41) is 6.64. The number of halogens is 1. The SMILES string of the molecule is Cc1cc(C)cc(NC(=O)c2cnc(Nc3cccc(Cl)c3C)nc2)c1. The first kappa shape index (κ1) is 17.9. The third kappa shape index (κ3) is 4.18. The van der Waals surface area contributed by atoms with Crippen molar-refractivity contribution in [2.24, 2.45) is 0 Å². The molecular formula is C20H19ClN4O. The zero-order valence-corrected chi connectivity index (χ0v) is 15.6. The molecule has 1 heterocycles. The monoisotopic (exact) mass is 366 g/mol. The third-order valence-corrected chi connectivity index (χ3v) is 4.32. The number of anilines is 3. The first-order chi connectivity index (χ1) is 12.4. The van der Waals surface area contributed by atoms with Gasteiger partial charge in [0.05, 0.1) is 5.56 Å². The van der Waals surface area contributed by atoms with E-state index in [0.717, 1.165) is 28.1 Å². The molecule has 132 valence electrons. The standard InChI is InChI=1S/C20H19ClN4O/c1-12-7-13(2)9-16(8-12)24-19(26)15-10-22-20(23-11-15)25-18-6-4-5-17(21)14(18)3/h4-11H,1-3H3,(H,24,26)(H,22,23,25). The second-order valence-electron chi connectivity index (χ2n) is 6.16. The minimum atomic E-state index is -0.250. The van der Waals surface area contributed by atoms with Gasteiger partial charge in [0.25, 0.3) is 5.91 Å². The first-order valence-electron chi connectivity index (χ1n) is 8.16. The number of carbonyl (C=O) groups excluding carboxylic acids is 1. The van der Waals surface area contributed by atoms with Crippen molar-refractivity contribution in [1.82, 2.24) is 9.97 Å². The molecular weight excluding hydrogens is 348 g/mol. The molecule has 1 aromatic heterocycles. The van der Waals surface area contributed by atoms with E-state index >= 15 is 0 Å². The Hall–Kier alpha value is -2.92. The molecule has 0 spiro atoms. The lowest BCUT2D eigenvalue weighted by molar-refractivity contribution is 0.102. The second kappa shape index (κ2) is 7.54. The minimum Gasteiger partial charge on any atom is -0.324 e. The van der Waals surface area contributed by atoms with Gasteiger partial charge in [-0.3, -0.25) is 4.79 Å². The smallest absolute Gasteiger partial charge is 0.258 e. The van der Waals surface area contributed by atoms with Gasteiger partial charge in [-0.25, -0.2) is 9.97 Å². The molecule has 5 nitrogen and oxygen atoms in total. The van der Waals surface area contributed by atoms with Crippen LogP contribution >= 0.6 is 11.6 Å². The number of carbonyl (C=O) groups is 1. The fraction of sp³-hybridized carbons (Fsp3) is 0.150. The number of hydrogen-bond donors (Lipinski definition) is 2. The highest BCUT2D eigenvalue weighted by atomic mass is 35.5. The summed E-state index contributed by atoms with van der Waals surface area (Å²) >= 11 is 6.11. The molecule has 0 unspecified atom stereocenters. The topological polar surface area (TPSA) is 66.9 Å². The van der Waals surface area contributed by atoms with Crippen molar-refractivity contribution in [2.45, 2.75) is 20.8 Å². The minimum absolute atomic E-state index is 0.250. The van der Waals surface area contributed by atoms with E-state index < -0.39 is 0 Å². The molecule has 0 radical (unpaired) electrons. The predicted molar refractivity (Wildman–Crippen MR) is 105 cm³/mol. The summed E-state index contributed by atoms with van der Waals surface area (Å²) in [4.78, 5) is 20.8. The summed E-state index contributed by atoms with van der Waals surface area (Å²) in [6.07, 6.45) is 2.99. The Kier molecular flexibility index (Phi) is 5.19. The maximum Gasteiger partial charge on any atom is 0.258 e. The quantitative estimate of drug-likeness (QED) is 0.678. The summed E-state index contributed by atoms with van der Waals surface area (Å²) in [6.45, 7) is 5.89. The Balaban J connectivity index is 1.72. The summed E-state index contributed by atoms with van der Waals surface area (Å²) < 4.78 is 0. The van der Waals surface area contributed by atoms with Crippen LogP contribution in [0.1, 0.15) is 27.0 Å². The Morgan fingerprint density at radius 1 is 1.00 bits per heavy atom. The molecule has 1 amide bonds. The highest BCUT2D eigenvalue weighted by Gasteiger charge is 2.09. The fourth-order valence-electron chi connectivity index (χ4n) is 2.62. The van der Waals surface area contributed by atoms with Crippen LogP contribution in [0.4, 0.5) is 17.3 Å². The molecule has 0 atom stereocenters. The van der Waals surface area contributed by atoms with Crippen LogP contribution in [0.3, 0.4) is 0 Å². The van der Waals surface area contributed by atoms with Crippen molar-refractivity contribution in [2.75, 3.05) is 10.6 Å². The van der Waals surface area contributed by atoms with Crippen LogP contribution in [0.2, 0.25) is 5.02 Å². The molecule has 0 aliphatic carbocycles. The van der Waals surface area contributed by atoms with Gasteiger partial charge in [-0.15, -0.1) is 0 Å². The van der Waals surface area contributed by atoms with Gasteiger partial charge in [0, 0.05) is 28.8 Å². The summed E-state index contributed by atoms with van der Waals surface area (Å²) in [5.41, 5.74) is 5.06. The van der Waals surface area contributed by atoms with E-state index in [1.165, 1.54) is 12.4 Å². The normalized spacial score (nSPS) is 10.5. The summed E-state index contributed by atoms with van der Waals surface area (Å²) in [5.74, 6) is 0.152.